The van der Waals surface area contributed by atoms with Crippen LogP contribution in [0.5, 0.6) is 0 Å². The molecule has 0 aromatic rings. The smallest absolute Gasteiger partial charge is 0.238 e. The lowest BCUT2D eigenvalue weighted by Crippen LogP contribution is -2.58. The van der Waals surface area contributed by atoms with Crippen molar-refractivity contribution >= 4 is 5.91 Å². The Balaban J connectivity index is 2.70. The maximum absolute atomic E-state index is 11.5. The molecule has 4 nitrogen and oxygen atoms in total. The van der Waals surface area contributed by atoms with Gasteiger partial charge in [-0.2, -0.15) is 5.26 Å². The predicted molar refractivity (Wildman–Crippen MR) is 53.4 cm³/mol. The molecule has 14 heavy (non-hydrogen) atoms. The van der Waals surface area contributed by atoms with Gasteiger partial charge in [0.25, 0.3) is 0 Å². The molecule has 1 aliphatic heterocycles. The van der Waals surface area contributed by atoms with Gasteiger partial charge in [0.15, 0.2) is 0 Å². The normalized spacial score (nSPS) is 27.9. The van der Waals surface area contributed by atoms with E-state index in [1.54, 1.807) is 6.08 Å². The molecule has 0 aliphatic carbocycles. The van der Waals surface area contributed by atoms with Crippen molar-refractivity contribution in [3.05, 3.63) is 12.7 Å². The van der Waals surface area contributed by atoms with Crippen LogP contribution in [0.15, 0.2) is 12.7 Å². The number of nitriles is 1. The van der Waals surface area contributed by atoms with Crippen molar-refractivity contribution in [2.75, 3.05) is 13.1 Å². The van der Waals surface area contributed by atoms with Crippen molar-refractivity contribution in [2.45, 2.75) is 25.4 Å². The highest BCUT2D eigenvalue weighted by Gasteiger charge is 2.31. The fourth-order valence-electron chi connectivity index (χ4n) is 1.71. The minimum absolute atomic E-state index is 0.0489. The highest BCUT2D eigenvalue weighted by Crippen LogP contribution is 2.10. The first kappa shape index (κ1) is 10.7. The molecule has 4 heteroatoms. The zero-order valence-corrected chi connectivity index (χ0v) is 8.36. The average Bonchev–Trinajstić information content (AvgIpc) is 2.11. The molecule has 1 saturated heterocycles. The molecule has 0 bridgehead atoms. The minimum atomic E-state index is -0.311. The summed E-state index contributed by atoms with van der Waals surface area (Å²) in [6, 6.07) is 1.87. The molecule has 76 valence electrons. The zero-order chi connectivity index (χ0) is 10.6. The SMILES string of the molecule is C=CCN1CC(C)NC(=O)C1CC#N. The molecule has 1 rings (SSSR count). The summed E-state index contributed by atoms with van der Waals surface area (Å²) in [6.45, 7) is 7.04. The Labute approximate surface area is 84.2 Å². The zero-order valence-electron chi connectivity index (χ0n) is 8.36. The minimum Gasteiger partial charge on any atom is -0.351 e. The van der Waals surface area contributed by atoms with E-state index in [-0.39, 0.29) is 24.4 Å². The van der Waals surface area contributed by atoms with Crippen LogP contribution >= 0.6 is 0 Å². The lowest BCUT2D eigenvalue weighted by atomic mass is 10.1. The Morgan fingerprint density at radius 1 is 1.86 bits per heavy atom. The lowest BCUT2D eigenvalue weighted by molar-refractivity contribution is -0.129. The molecule has 1 heterocycles. The molecule has 1 amide bonds. The van der Waals surface area contributed by atoms with E-state index in [2.05, 4.69) is 11.9 Å². The van der Waals surface area contributed by atoms with Crippen LogP contribution in [0.4, 0.5) is 0 Å². The van der Waals surface area contributed by atoms with Crippen molar-refractivity contribution in [3.63, 3.8) is 0 Å². The molecule has 0 aromatic heterocycles. The summed E-state index contributed by atoms with van der Waals surface area (Å²) < 4.78 is 0. The van der Waals surface area contributed by atoms with Gasteiger partial charge in [0.05, 0.1) is 12.5 Å². The van der Waals surface area contributed by atoms with E-state index < -0.39 is 0 Å². The molecule has 1 fully saturated rings. The predicted octanol–water partition coefficient (Wildman–Crippen LogP) is 0.275. The van der Waals surface area contributed by atoms with Crippen LogP contribution in [-0.4, -0.2) is 36.0 Å². The molecule has 0 aromatic carbocycles. The van der Waals surface area contributed by atoms with Crippen LogP contribution in [0, 0.1) is 11.3 Å². The maximum atomic E-state index is 11.5. The molecule has 2 unspecified atom stereocenters. The monoisotopic (exact) mass is 193 g/mol. The molecule has 1 aliphatic rings. The summed E-state index contributed by atoms with van der Waals surface area (Å²) >= 11 is 0. The Morgan fingerprint density at radius 3 is 3.14 bits per heavy atom. The standard InChI is InChI=1S/C10H15N3O/c1-3-6-13-7-8(2)12-10(14)9(13)4-5-11/h3,8-9H,1,4,6-7H2,2H3,(H,12,14). The molecular formula is C10H15N3O. The van der Waals surface area contributed by atoms with Crippen LogP contribution in [0.2, 0.25) is 0 Å². The first-order valence-electron chi connectivity index (χ1n) is 4.71. The van der Waals surface area contributed by atoms with Gasteiger partial charge in [0.1, 0.15) is 6.04 Å². The third kappa shape index (κ3) is 2.33. The van der Waals surface area contributed by atoms with Gasteiger partial charge in [-0.1, -0.05) is 6.08 Å². The van der Waals surface area contributed by atoms with Crippen molar-refractivity contribution in [1.82, 2.24) is 10.2 Å². The second-order valence-electron chi connectivity index (χ2n) is 3.53. The van der Waals surface area contributed by atoms with Crippen LogP contribution in [-0.2, 0) is 4.79 Å². The van der Waals surface area contributed by atoms with E-state index in [0.29, 0.717) is 6.54 Å². The summed E-state index contributed by atoms with van der Waals surface area (Å²) in [5.41, 5.74) is 0. The summed E-state index contributed by atoms with van der Waals surface area (Å²) in [4.78, 5) is 13.5. The first-order valence-corrected chi connectivity index (χ1v) is 4.71. The van der Waals surface area contributed by atoms with E-state index in [4.69, 9.17) is 5.26 Å². The Kier molecular flexibility index (Phi) is 3.66. The second kappa shape index (κ2) is 4.77. The quantitative estimate of drug-likeness (QED) is 0.655. The van der Waals surface area contributed by atoms with E-state index in [1.807, 2.05) is 17.9 Å². The van der Waals surface area contributed by atoms with E-state index >= 15 is 0 Å². The van der Waals surface area contributed by atoms with Crippen molar-refractivity contribution in [2.24, 2.45) is 0 Å². The fraction of sp³-hybridized carbons (Fsp3) is 0.600. The second-order valence-corrected chi connectivity index (χ2v) is 3.53. The molecule has 0 spiro atoms. The van der Waals surface area contributed by atoms with Gasteiger partial charge in [0, 0.05) is 19.1 Å². The topological polar surface area (TPSA) is 56.1 Å². The number of carbonyl (C=O) groups is 1. The van der Waals surface area contributed by atoms with E-state index in [1.165, 1.54) is 0 Å². The highest BCUT2D eigenvalue weighted by molar-refractivity contribution is 5.83. The van der Waals surface area contributed by atoms with Crippen molar-refractivity contribution < 1.29 is 4.79 Å². The van der Waals surface area contributed by atoms with Crippen LogP contribution in [0.25, 0.3) is 0 Å². The number of nitrogens with zero attached hydrogens (tertiary/aromatic N) is 2. The molecule has 1 N–H and O–H groups in total. The van der Waals surface area contributed by atoms with Gasteiger partial charge in [-0.05, 0) is 6.92 Å². The Hall–Kier alpha value is -1.34. The van der Waals surface area contributed by atoms with Crippen LogP contribution < -0.4 is 5.32 Å². The number of amides is 1. The van der Waals surface area contributed by atoms with E-state index in [9.17, 15) is 4.79 Å². The number of rotatable bonds is 3. The molecule has 2 atom stereocenters. The van der Waals surface area contributed by atoms with E-state index in [0.717, 1.165) is 6.54 Å². The summed E-state index contributed by atoms with van der Waals surface area (Å²) in [5, 5.41) is 11.4. The van der Waals surface area contributed by atoms with Gasteiger partial charge in [-0.15, -0.1) is 6.58 Å². The largest absolute Gasteiger partial charge is 0.351 e. The third-order valence-electron chi connectivity index (χ3n) is 2.29. The van der Waals surface area contributed by atoms with Gasteiger partial charge in [0.2, 0.25) is 5.91 Å². The molecule has 0 radical (unpaired) electrons. The summed E-state index contributed by atoms with van der Waals surface area (Å²) in [5.74, 6) is -0.0489. The molecule has 0 saturated carbocycles. The van der Waals surface area contributed by atoms with Crippen LogP contribution in [0.3, 0.4) is 0 Å². The number of nitrogens with one attached hydrogen (secondary N) is 1. The highest BCUT2D eigenvalue weighted by atomic mass is 16.2. The Morgan fingerprint density at radius 2 is 2.57 bits per heavy atom. The number of carbonyl (C=O) groups excluding carboxylic acids is 1. The van der Waals surface area contributed by atoms with Gasteiger partial charge >= 0.3 is 0 Å². The average molecular weight is 193 g/mol. The van der Waals surface area contributed by atoms with Crippen molar-refractivity contribution in [3.8, 4) is 6.07 Å². The fourth-order valence-corrected chi connectivity index (χ4v) is 1.71. The lowest BCUT2D eigenvalue weighted by Gasteiger charge is -2.36. The van der Waals surface area contributed by atoms with Crippen LogP contribution in [0.1, 0.15) is 13.3 Å². The van der Waals surface area contributed by atoms with Gasteiger partial charge in [-0.3, -0.25) is 9.69 Å². The third-order valence-corrected chi connectivity index (χ3v) is 2.29. The maximum Gasteiger partial charge on any atom is 0.238 e. The van der Waals surface area contributed by atoms with Gasteiger partial charge in [-0.25, -0.2) is 0 Å². The number of piperazine rings is 1. The first-order chi connectivity index (χ1) is 6.69. The summed E-state index contributed by atoms with van der Waals surface area (Å²) in [7, 11) is 0. The summed E-state index contributed by atoms with van der Waals surface area (Å²) in [6.07, 6.45) is 2.00. The number of hydrogen-bond acceptors (Lipinski definition) is 3. The molecular weight excluding hydrogens is 178 g/mol. The van der Waals surface area contributed by atoms with Gasteiger partial charge < -0.3 is 5.32 Å². The Bertz CT molecular complexity index is 269. The number of hydrogen-bond donors (Lipinski definition) is 1. The van der Waals surface area contributed by atoms with Crippen molar-refractivity contribution in [1.29, 1.82) is 5.26 Å².